The summed E-state index contributed by atoms with van der Waals surface area (Å²) in [7, 11) is 1.27. The van der Waals surface area contributed by atoms with E-state index in [-0.39, 0.29) is 5.92 Å². The van der Waals surface area contributed by atoms with Gasteiger partial charge in [0.05, 0.1) is 7.11 Å². The van der Waals surface area contributed by atoms with Gasteiger partial charge in [0.1, 0.15) is 10.9 Å². The van der Waals surface area contributed by atoms with Crippen LogP contribution in [0, 0.1) is 5.92 Å². The number of benzene rings is 1. The molecule has 6 nitrogen and oxygen atoms in total. The first-order valence-corrected chi connectivity index (χ1v) is 8.80. The van der Waals surface area contributed by atoms with Crippen molar-refractivity contribution in [1.82, 2.24) is 5.32 Å². The third-order valence-electron chi connectivity index (χ3n) is 3.95. The van der Waals surface area contributed by atoms with Crippen LogP contribution < -0.4 is 5.32 Å². The van der Waals surface area contributed by atoms with E-state index in [1.807, 2.05) is 38.1 Å². The number of rotatable bonds is 7. The molecule has 134 valence electrons. The molecule has 0 unspecified atom stereocenters. The molecule has 1 aromatic heterocycles. The molecule has 0 bridgehead atoms. The Bertz CT molecular complexity index is 737. The summed E-state index contributed by atoms with van der Waals surface area (Å²) < 4.78 is 10.7. The zero-order valence-corrected chi connectivity index (χ0v) is 15.2. The molecule has 2 atom stereocenters. The van der Waals surface area contributed by atoms with Gasteiger partial charge in [-0.1, -0.05) is 38.5 Å². The minimum absolute atomic E-state index is 0.0882. The summed E-state index contributed by atoms with van der Waals surface area (Å²) in [5.41, 5.74) is 0. The Morgan fingerprint density at radius 3 is 2.60 bits per heavy atom. The molecule has 0 saturated carbocycles. The van der Waals surface area contributed by atoms with E-state index in [2.05, 4.69) is 5.32 Å². The molecule has 0 aliphatic carbocycles. The number of fused-ring (bicyclic) bond motifs is 1. The maximum absolute atomic E-state index is 12.1. The number of thiophene rings is 1. The van der Waals surface area contributed by atoms with Crippen LogP contribution in [0.3, 0.4) is 0 Å². The third kappa shape index (κ3) is 4.79. The van der Waals surface area contributed by atoms with Crippen LogP contribution in [0.4, 0.5) is 0 Å². The van der Waals surface area contributed by atoms with Crippen molar-refractivity contribution in [2.75, 3.05) is 13.7 Å². The number of methoxy groups -OCH3 is 1. The summed E-state index contributed by atoms with van der Waals surface area (Å²) in [5.74, 6) is -1.70. The fourth-order valence-corrected chi connectivity index (χ4v) is 3.25. The lowest BCUT2D eigenvalue weighted by Crippen LogP contribution is -2.47. The average molecular weight is 363 g/mol. The SMILES string of the molecule is CC[C@@H](C)[C@H](NC(=O)COC(=O)c1cc2ccccc2s1)C(=O)OC. The molecule has 1 N–H and O–H groups in total. The maximum atomic E-state index is 12.1. The number of hydrogen-bond acceptors (Lipinski definition) is 6. The van der Waals surface area contributed by atoms with Gasteiger partial charge in [-0.25, -0.2) is 9.59 Å². The second-order valence-corrected chi connectivity index (χ2v) is 6.76. The van der Waals surface area contributed by atoms with Crippen LogP contribution in [-0.2, 0) is 19.1 Å². The summed E-state index contributed by atoms with van der Waals surface area (Å²) >= 11 is 1.31. The lowest BCUT2D eigenvalue weighted by Gasteiger charge is -2.21. The van der Waals surface area contributed by atoms with Gasteiger partial charge in [0.15, 0.2) is 6.61 Å². The van der Waals surface area contributed by atoms with Crippen LogP contribution >= 0.6 is 11.3 Å². The van der Waals surface area contributed by atoms with E-state index in [9.17, 15) is 14.4 Å². The van der Waals surface area contributed by atoms with E-state index in [4.69, 9.17) is 9.47 Å². The van der Waals surface area contributed by atoms with Crippen LogP contribution in [0.15, 0.2) is 30.3 Å². The van der Waals surface area contributed by atoms with Crippen molar-refractivity contribution in [3.8, 4) is 0 Å². The van der Waals surface area contributed by atoms with Crippen molar-refractivity contribution in [3.05, 3.63) is 35.2 Å². The normalized spacial score (nSPS) is 13.1. The number of hydrogen-bond donors (Lipinski definition) is 1. The van der Waals surface area contributed by atoms with Crippen LogP contribution in [0.25, 0.3) is 10.1 Å². The van der Waals surface area contributed by atoms with Crippen molar-refractivity contribution in [1.29, 1.82) is 0 Å². The van der Waals surface area contributed by atoms with Gasteiger partial charge in [-0.05, 0) is 23.4 Å². The van der Waals surface area contributed by atoms with Crippen molar-refractivity contribution in [2.45, 2.75) is 26.3 Å². The Hall–Kier alpha value is -2.41. The van der Waals surface area contributed by atoms with E-state index in [1.54, 1.807) is 6.07 Å². The van der Waals surface area contributed by atoms with Gasteiger partial charge in [-0.15, -0.1) is 11.3 Å². The first kappa shape index (κ1) is 18.9. The molecule has 2 aromatic rings. The number of ether oxygens (including phenoxy) is 2. The molecule has 0 aliphatic heterocycles. The largest absolute Gasteiger partial charge is 0.467 e. The molecule has 0 radical (unpaired) electrons. The predicted octanol–water partition coefficient (Wildman–Crippen LogP) is 2.76. The fraction of sp³-hybridized carbons (Fsp3) is 0.389. The zero-order chi connectivity index (χ0) is 18.4. The number of carbonyl (C=O) groups is 3. The van der Waals surface area contributed by atoms with E-state index in [0.717, 1.165) is 10.1 Å². The standard InChI is InChI=1S/C18H21NO5S/c1-4-11(2)16(18(22)23-3)19-15(20)10-24-17(21)14-9-12-7-5-6-8-13(12)25-14/h5-9,11,16H,4,10H2,1-3H3,(H,19,20)/t11-,16+/m1/s1. The topological polar surface area (TPSA) is 81.7 Å². The molecule has 0 fully saturated rings. The first-order valence-electron chi connectivity index (χ1n) is 7.99. The molecule has 0 spiro atoms. The monoisotopic (exact) mass is 363 g/mol. The van der Waals surface area contributed by atoms with E-state index in [0.29, 0.717) is 11.3 Å². The van der Waals surface area contributed by atoms with E-state index < -0.39 is 30.5 Å². The third-order valence-corrected chi connectivity index (χ3v) is 5.04. The molecular formula is C18H21NO5S. The van der Waals surface area contributed by atoms with Gasteiger partial charge in [0.2, 0.25) is 0 Å². The number of nitrogens with one attached hydrogen (secondary N) is 1. The Kier molecular flexibility index (Phi) is 6.52. The Morgan fingerprint density at radius 1 is 1.24 bits per heavy atom. The Morgan fingerprint density at radius 2 is 1.96 bits per heavy atom. The molecule has 7 heteroatoms. The molecule has 0 saturated heterocycles. The maximum Gasteiger partial charge on any atom is 0.348 e. The molecule has 1 aromatic carbocycles. The van der Waals surface area contributed by atoms with Crippen LogP contribution in [0.2, 0.25) is 0 Å². The molecule has 1 amide bonds. The minimum atomic E-state index is -0.759. The first-order chi connectivity index (χ1) is 12.0. The number of carbonyl (C=O) groups excluding carboxylic acids is 3. The smallest absolute Gasteiger partial charge is 0.348 e. The summed E-state index contributed by atoms with van der Waals surface area (Å²) in [6.07, 6.45) is 0.696. The van der Waals surface area contributed by atoms with Gasteiger partial charge in [0, 0.05) is 4.70 Å². The highest BCUT2D eigenvalue weighted by molar-refractivity contribution is 7.20. The molecular weight excluding hydrogens is 342 g/mol. The second kappa shape index (κ2) is 8.62. The lowest BCUT2D eigenvalue weighted by atomic mass is 9.99. The van der Waals surface area contributed by atoms with Gasteiger partial charge < -0.3 is 14.8 Å². The van der Waals surface area contributed by atoms with Gasteiger partial charge in [-0.2, -0.15) is 0 Å². The van der Waals surface area contributed by atoms with Crippen LogP contribution in [0.5, 0.6) is 0 Å². The highest BCUT2D eigenvalue weighted by Gasteiger charge is 2.27. The molecule has 0 aliphatic rings. The molecule has 2 rings (SSSR count). The molecule has 25 heavy (non-hydrogen) atoms. The van der Waals surface area contributed by atoms with Gasteiger partial charge in [0.25, 0.3) is 5.91 Å². The average Bonchev–Trinajstić information content (AvgIpc) is 3.07. The Balaban J connectivity index is 1.93. The second-order valence-electron chi connectivity index (χ2n) is 5.68. The summed E-state index contributed by atoms with van der Waals surface area (Å²) in [4.78, 5) is 36.3. The van der Waals surface area contributed by atoms with Crippen molar-refractivity contribution >= 4 is 39.3 Å². The summed E-state index contributed by atoms with van der Waals surface area (Å²) in [5, 5.41) is 3.51. The van der Waals surface area contributed by atoms with Crippen molar-refractivity contribution < 1.29 is 23.9 Å². The Labute approximate surface area is 150 Å². The quantitative estimate of drug-likeness (QED) is 0.765. The predicted molar refractivity (Wildman–Crippen MR) is 95.5 cm³/mol. The highest BCUT2D eigenvalue weighted by Crippen LogP contribution is 2.25. The summed E-state index contributed by atoms with van der Waals surface area (Å²) in [6, 6.07) is 8.57. The number of amides is 1. The fourth-order valence-electron chi connectivity index (χ4n) is 2.30. The van der Waals surface area contributed by atoms with Gasteiger partial charge in [-0.3, -0.25) is 4.79 Å². The van der Waals surface area contributed by atoms with Gasteiger partial charge >= 0.3 is 11.9 Å². The van der Waals surface area contributed by atoms with Crippen molar-refractivity contribution in [2.24, 2.45) is 5.92 Å². The van der Waals surface area contributed by atoms with Crippen LogP contribution in [-0.4, -0.2) is 37.6 Å². The van der Waals surface area contributed by atoms with Crippen molar-refractivity contribution in [3.63, 3.8) is 0 Å². The minimum Gasteiger partial charge on any atom is -0.467 e. The molecule has 1 heterocycles. The lowest BCUT2D eigenvalue weighted by molar-refractivity contribution is -0.147. The number of esters is 2. The summed E-state index contributed by atoms with van der Waals surface area (Å²) in [6.45, 7) is 3.30. The van der Waals surface area contributed by atoms with Crippen LogP contribution in [0.1, 0.15) is 29.9 Å². The van der Waals surface area contributed by atoms with E-state index in [1.165, 1.54) is 18.4 Å². The van der Waals surface area contributed by atoms with E-state index >= 15 is 0 Å². The zero-order valence-electron chi connectivity index (χ0n) is 14.4. The highest BCUT2D eigenvalue weighted by atomic mass is 32.1.